The molecule has 0 aromatic rings. The molecule has 104 valence electrons. The van der Waals surface area contributed by atoms with Crippen LogP contribution in [-0.2, 0) is 14.4 Å². The van der Waals surface area contributed by atoms with Crippen LogP contribution in [0.15, 0.2) is 35.6 Å². The lowest BCUT2D eigenvalue weighted by Gasteiger charge is -2.30. The van der Waals surface area contributed by atoms with Gasteiger partial charge in [0.15, 0.2) is 11.6 Å². The summed E-state index contributed by atoms with van der Waals surface area (Å²) in [6, 6.07) is 0. The summed E-state index contributed by atoms with van der Waals surface area (Å²) in [4.78, 5) is 36.2. The molecular weight excluding hydrogens is 256 g/mol. The van der Waals surface area contributed by atoms with Crippen molar-refractivity contribution in [1.82, 2.24) is 10.9 Å². The number of rotatable bonds is 3. The van der Waals surface area contributed by atoms with Crippen LogP contribution in [0.3, 0.4) is 0 Å². The van der Waals surface area contributed by atoms with Crippen molar-refractivity contribution in [3.63, 3.8) is 0 Å². The van der Waals surface area contributed by atoms with Gasteiger partial charge in [-0.15, -0.1) is 0 Å². The van der Waals surface area contributed by atoms with E-state index in [0.717, 1.165) is 12.8 Å². The number of carbonyl (C=O) groups is 3. The van der Waals surface area contributed by atoms with E-state index in [1.165, 1.54) is 6.92 Å². The van der Waals surface area contributed by atoms with Gasteiger partial charge in [-0.05, 0) is 18.8 Å². The van der Waals surface area contributed by atoms with Gasteiger partial charge in [0.2, 0.25) is 5.91 Å². The smallest absolute Gasteiger partial charge is 0.235 e. The zero-order valence-corrected chi connectivity index (χ0v) is 11.2. The van der Waals surface area contributed by atoms with Gasteiger partial charge in [0.1, 0.15) is 5.70 Å². The van der Waals surface area contributed by atoms with E-state index in [9.17, 15) is 14.4 Å². The quantitative estimate of drug-likeness (QED) is 0.745. The molecule has 0 spiro atoms. The van der Waals surface area contributed by atoms with E-state index in [1.54, 1.807) is 18.2 Å². The van der Waals surface area contributed by atoms with E-state index in [4.69, 9.17) is 0 Å². The number of fused-ring (bicyclic) bond motifs is 1. The van der Waals surface area contributed by atoms with Crippen LogP contribution >= 0.6 is 0 Å². The van der Waals surface area contributed by atoms with Crippen molar-refractivity contribution in [3.05, 3.63) is 35.6 Å². The van der Waals surface area contributed by atoms with Gasteiger partial charge in [-0.2, -0.15) is 0 Å². The van der Waals surface area contributed by atoms with Gasteiger partial charge in [0.25, 0.3) is 0 Å². The van der Waals surface area contributed by atoms with Crippen molar-refractivity contribution >= 4 is 17.5 Å². The summed E-state index contributed by atoms with van der Waals surface area (Å²) in [7, 11) is 0. The molecule has 2 N–H and O–H groups in total. The Morgan fingerprint density at radius 2 is 1.70 bits per heavy atom. The Labute approximate surface area is 116 Å². The lowest BCUT2D eigenvalue weighted by Crippen LogP contribution is -2.46. The van der Waals surface area contributed by atoms with Crippen molar-refractivity contribution in [2.45, 2.75) is 19.8 Å². The largest absolute Gasteiger partial charge is 0.295 e. The molecule has 3 aliphatic carbocycles. The highest BCUT2D eigenvalue weighted by atomic mass is 16.2. The summed E-state index contributed by atoms with van der Waals surface area (Å²) in [6.45, 7) is 1.35. The molecule has 5 nitrogen and oxygen atoms in total. The van der Waals surface area contributed by atoms with Crippen molar-refractivity contribution in [2.24, 2.45) is 17.8 Å². The van der Waals surface area contributed by atoms with Gasteiger partial charge < -0.3 is 0 Å². The molecule has 1 saturated carbocycles. The zero-order valence-electron chi connectivity index (χ0n) is 11.2. The Hall–Kier alpha value is -2.17. The molecule has 1 amide bonds. The Balaban J connectivity index is 1.99. The maximum absolute atomic E-state index is 12.6. The predicted octanol–water partition coefficient (Wildman–Crippen LogP) is 0.801. The van der Waals surface area contributed by atoms with Gasteiger partial charge in [0.05, 0.1) is 11.8 Å². The molecule has 3 rings (SSSR count). The monoisotopic (exact) mass is 272 g/mol. The number of hydrogen-bond acceptors (Lipinski definition) is 4. The summed E-state index contributed by atoms with van der Waals surface area (Å²) >= 11 is 0. The van der Waals surface area contributed by atoms with Crippen molar-refractivity contribution in [1.29, 1.82) is 0 Å². The van der Waals surface area contributed by atoms with Gasteiger partial charge in [-0.25, -0.2) is 0 Å². The number of ketones is 2. The van der Waals surface area contributed by atoms with Crippen molar-refractivity contribution in [3.8, 4) is 0 Å². The fraction of sp³-hybridized carbons (Fsp3) is 0.400. The van der Waals surface area contributed by atoms with Crippen molar-refractivity contribution < 1.29 is 14.4 Å². The number of Topliss-reactive ketones (excluding diaryl/α,β-unsaturated/α-hetero) is 2. The summed E-state index contributed by atoms with van der Waals surface area (Å²) in [5, 5.41) is 0. The Bertz CT molecular complexity index is 582. The molecule has 0 bridgehead atoms. The molecule has 0 aromatic carbocycles. The molecular formula is C15H16N2O3. The van der Waals surface area contributed by atoms with Gasteiger partial charge in [-0.1, -0.05) is 24.3 Å². The molecule has 20 heavy (non-hydrogen) atoms. The molecule has 0 aromatic heterocycles. The minimum absolute atomic E-state index is 0.00514. The van der Waals surface area contributed by atoms with E-state index in [0.29, 0.717) is 5.57 Å². The Kier molecular flexibility index (Phi) is 3.04. The van der Waals surface area contributed by atoms with Crippen LogP contribution in [0.1, 0.15) is 19.8 Å². The number of nitrogens with one attached hydrogen (secondary N) is 2. The standard InChI is InChI=1S/C15H16N2O3/c1-8(18)16-17-13-12(9-6-7-9)14(19)10-4-2-3-5-11(10)15(13)20/h2-5,9-11,17H,6-7H2,1H3,(H,16,18). The maximum atomic E-state index is 12.6. The van der Waals surface area contributed by atoms with Crippen molar-refractivity contribution in [2.75, 3.05) is 0 Å². The van der Waals surface area contributed by atoms with E-state index in [-0.39, 0.29) is 35.0 Å². The average Bonchev–Trinajstić information content (AvgIpc) is 3.25. The maximum Gasteiger partial charge on any atom is 0.235 e. The van der Waals surface area contributed by atoms with Crippen LogP contribution in [0.2, 0.25) is 0 Å². The van der Waals surface area contributed by atoms with Crippen LogP contribution in [0.4, 0.5) is 0 Å². The minimum atomic E-state index is -0.453. The summed E-state index contributed by atoms with van der Waals surface area (Å²) in [5.74, 6) is -1.09. The first kappa shape index (κ1) is 12.8. The third kappa shape index (κ3) is 2.09. The lowest BCUT2D eigenvalue weighted by atomic mass is 9.73. The molecule has 0 heterocycles. The summed E-state index contributed by atoms with van der Waals surface area (Å²) in [6.07, 6.45) is 8.99. The second-order valence-electron chi connectivity index (χ2n) is 5.42. The van der Waals surface area contributed by atoms with E-state index >= 15 is 0 Å². The van der Waals surface area contributed by atoms with E-state index < -0.39 is 5.92 Å². The van der Waals surface area contributed by atoms with Gasteiger partial charge in [0, 0.05) is 12.5 Å². The molecule has 0 saturated heterocycles. The number of carbonyl (C=O) groups excluding carboxylic acids is 3. The fourth-order valence-corrected chi connectivity index (χ4v) is 2.77. The average molecular weight is 272 g/mol. The number of hydrogen-bond donors (Lipinski definition) is 2. The molecule has 5 heteroatoms. The normalized spacial score (nSPS) is 28.4. The first-order valence-electron chi connectivity index (χ1n) is 6.79. The van der Waals surface area contributed by atoms with Crippen LogP contribution in [-0.4, -0.2) is 17.5 Å². The highest BCUT2D eigenvalue weighted by Gasteiger charge is 2.46. The predicted molar refractivity (Wildman–Crippen MR) is 72.0 cm³/mol. The first-order valence-corrected chi connectivity index (χ1v) is 6.79. The highest BCUT2D eigenvalue weighted by molar-refractivity contribution is 6.15. The Morgan fingerprint density at radius 3 is 2.25 bits per heavy atom. The molecule has 1 fully saturated rings. The molecule has 0 radical (unpaired) electrons. The van der Waals surface area contributed by atoms with Crippen LogP contribution < -0.4 is 10.9 Å². The summed E-state index contributed by atoms with van der Waals surface area (Å²) < 4.78 is 0. The zero-order chi connectivity index (χ0) is 14.3. The highest BCUT2D eigenvalue weighted by Crippen LogP contribution is 2.44. The number of hydrazine groups is 1. The molecule has 0 aliphatic heterocycles. The minimum Gasteiger partial charge on any atom is -0.295 e. The third-order valence-corrected chi connectivity index (χ3v) is 3.87. The molecule has 3 aliphatic rings. The van der Waals surface area contributed by atoms with E-state index in [1.807, 2.05) is 6.08 Å². The van der Waals surface area contributed by atoms with Crippen LogP contribution in [0.5, 0.6) is 0 Å². The topological polar surface area (TPSA) is 75.3 Å². The lowest BCUT2D eigenvalue weighted by molar-refractivity contribution is -0.128. The second kappa shape index (κ2) is 4.74. The summed E-state index contributed by atoms with van der Waals surface area (Å²) in [5.41, 5.74) is 5.90. The number of amides is 1. The number of allylic oxidation sites excluding steroid dienone is 6. The van der Waals surface area contributed by atoms with Gasteiger partial charge >= 0.3 is 0 Å². The van der Waals surface area contributed by atoms with E-state index in [2.05, 4.69) is 10.9 Å². The Morgan fingerprint density at radius 1 is 1.10 bits per heavy atom. The van der Waals surface area contributed by atoms with Crippen LogP contribution in [0.25, 0.3) is 0 Å². The first-order chi connectivity index (χ1) is 9.59. The molecule has 2 unspecified atom stereocenters. The third-order valence-electron chi connectivity index (χ3n) is 3.87. The molecule has 2 atom stereocenters. The fourth-order valence-electron chi connectivity index (χ4n) is 2.77. The second-order valence-corrected chi connectivity index (χ2v) is 5.42. The SMILES string of the molecule is CC(=O)NNC1=C(C2CC2)C(=O)C2C=CC=CC2C1=O. The van der Waals surface area contributed by atoms with Crippen LogP contribution in [0, 0.1) is 17.8 Å². The van der Waals surface area contributed by atoms with Gasteiger partial charge in [-0.3, -0.25) is 25.2 Å².